The number of nitrogens with zero attached hydrogens (tertiary/aromatic N) is 1. The molecule has 1 aliphatic rings. The van der Waals surface area contributed by atoms with Crippen molar-refractivity contribution in [2.75, 3.05) is 13.2 Å². The molecule has 0 saturated carbocycles. The molecule has 1 heterocycles. The summed E-state index contributed by atoms with van der Waals surface area (Å²) >= 11 is 0. The molecule has 3 aromatic rings. The van der Waals surface area contributed by atoms with E-state index in [1.807, 2.05) is 30.3 Å². The standard InChI is InChI=1S/C27H24N2O5/c1-17(18-5-3-2-4-6-18)16-29-26(30)19-7-9-21(10-8-19)34-24-14-25-23(13-20(24)15-28)22(27(31)32)11-12-33-25/h2-10,13-14,17,22H,11-12,16H2,1H3,(H,29,30)(H,31,32). The lowest BCUT2D eigenvalue weighted by atomic mass is 9.91. The van der Waals surface area contributed by atoms with Crippen molar-refractivity contribution in [3.05, 3.63) is 89.0 Å². The summed E-state index contributed by atoms with van der Waals surface area (Å²) < 4.78 is 11.5. The lowest BCUT2D eigenvalue weighted by molar-refractivity contribution is -0.139. The predicted molar refractivity (Wildman–Crippen MR) is 125 cm³/mol. The van der Waals surface area contributed by atoms with Crippen LogP contribution >= 0.6 is 0 Å². The number of hydrogen-bond donors (Lipinski definition) is 2. The average molecular weight is 456 g/mol. The highest BCUT2D eigenvalue weighted by molar-refractivity contribution is 5.94. The van der Waals surface area contributed by atoms with Crippen LogP contribution in [0.15, 0.2) is 66.7 Å². The minimum absolute atomic E-state index is 0.184. The van der Waals surface area contributed by atoms with Crippen molar-refractivity contribution in [2.24, 2.45) is 0 Å². The fraction of sp³-hybridized carbons (Fsp3) is 0.222. The maximum Gasteiger partial charge on any atom is 0.311 e. The highest BCUT2D eigenvalue weighted by Gasteiger charge is 2.29. The SMILES string of the molecule is CC(CNC(=O)c1ccc(Oc2cc3c(cc2C#N)C(C(=O)O)CCO3)cc1)c1ccccc1. The molecule has 4 rings (SSSR count). The molecule has 0 spiro atoms. The molecule has 0 bridgehead atoms. The molecule has 3 aromatic carbocycles. The number of nitriles is 1. The Morgan fingerprint density at radius 3 is 2.59 bits per heavy atom. The fourth-order valence-electron chi connectivity index (χ4n) is 3.89. The number of aliphatic carboxylic acids is 1. The van der Waals surface area contributed by atoms with Crippen LogP contribution in [0.5, 0.6) is 17.2 Å². The summed E-state index contributed by atoms with van der Waals surface area (Å²) in [5.74, 6) is -0.562. The Balaban J connectivity index is 1.44. The van der Waals surface area contributed by atoms with E-state index in [-0.39, 0.29) is 29.7 Å². The zero-order chi connectivity index (χ0) is 24.1. The number of carboxylic acids is 1. The number of carbonyl (C=O) groups is 2. The second-order valence-electron chi connectivity index (χ2n) is 8.17. The van der Waals surface area contributed by atoms with Crippen molar-refractivity contribution in [2.45, 2.75) is 25.2 Å². The molecule has 1 amide bonds. The van der Waals surface area contributed by atoms with Gasteiger partial charge in [-0.25, -0.2) is 0 Å². The Hall–Kier alpha value is -4.31. The maximum absolute atomic E-state index is 12.5. The topological polar surface area (TPSA) is 109 Å². The average Bonchev–Trinajstić information content (AvgIpc) is 2.87. The van der Waals surface area contributed by atoms with Crippen LogP contribution in [0, 0.1) is 11.3 Å². The number of fused-ring (bicyclic) bond motifs is 1. The first kappa shape index (κ1) is 22.9. The highest BCUT2D eigenvalue weighted by Crippen LogP contribution is 2.39. The highest BCUT2D eigenvalue weighted by atomic mass is 16.5. The van der Waals surface area contributed by atoms with Crippen LogP contribution < -0.4 is 14.8 Å². The predicted octanol–water partition coefficient (Wildman–Crippen LogP) is 4.83. The molecule has 7 heteroatoms. The van der Waals surface area contributed by atoms with Gasteiger partial charge in [-0.2, -0.15) is 5.26 Å². The molecular weight excluding hydrogens is 432 g/mol. The lowest BCUT2D eigenvalue weighted by Crippen LogP contribution is -2.27. The quantitative estimate of drug-likeness (QED) is 0.527. The van der Waals surface area contributed by atoms with Crippen molar-refractivity contribution in [3.63, 3.8) is 0 Å². The molecule has 172 valence electrons. The first-order chi connectivity index (χ1) is 16.5. The molecule has 0 saturated heterocycles. The Kier molecular flexibility index (Phi) is 6.79. The first-order valence-electron chi connectivity index (χ1n) is 11.0. The molecule has 0 aromatic heterocycles. The molecule has 0 radical (unpaired) electrons. The smallest absolute Gasteiger partial charge is 0.311 e. The van der Waals surface area contributed by atoms with Crippen molar-refractivity contribution in [1.82, 2.24) is 5.32 Å². The van der Waals surface area contributed by atoms with Crippen molar-refractivity contribution < 1.29 is 24.2 Å². The normalized spacial score (nSPS) is 15.2. The Labute approximate surface area is 197 Å². The second-order valence-corrected chi connectivity index (χ2v) is 8.17. The summed E-state index contributed by atoms with van der Waals surface area (Å²) in [6, 6.07) is 21.7. The third kappa shape index (κ3) is 5.02. The van der Waals surface area contributed by atoms with Gasteiger partial charge < -0.3 is 19.9 Å². The molecule has 2 atom stereocenters. The number of nitrogens with one attached hydrogen (secondary N) is 1. The fourth-order valence-corrected chi connectivity index (χ4v) is 3.89. The van der Waals surface area contributed by atoms with Crippen LogP contribution in [-0.2, 0) is 4.79 Å². The van der Waals surface area contributed by atoms with Crippen LogP contribution in [0.1, 0.15) is 52.2 Å². The molecular formula is C27H24N2O5. The van der Waals surface area contributed by atoms with Gasteiger partial charge in [0, 0.05) is 23.7 Å². The van der Waals surface area contributed by atoms with E-state index < -0.39 is 11.9 Å². The summed E-state index contributed by atoms with van der Waals surface area (Å²) in [5, 5.41) is 21.9. The van der Waals surface area contributed by atoms with Gasteiger partial charge >= 0.3 is 5.97 Å². The second kappa shape index (κ2) is 10.1. The Morgan fingerprint density at radius 2 is 1.91 bits per heavy atom. The summed E-state index contributed by atoms with van der Waals surface area (Å²) in [7, 11) is 0. The third-order valence-corrected chi connectivity index (χ3v) is 5.85. The third-order valence-electron chi connectivity index (χ3n) is 5.85. The minimum atomic E-state index is -0.950. The van der Waals surface area contributed by atoms with E-state index >= 15 is 0 Å². The lowest BCUT2D eigenvalue weighted by Gasteiger charge is -2.24. The van der Waals surface area contributed by atoms with E-state index in [2.05, 4.69) is 18.3 Å². The van der Waals surface area contributed by atoms with Crippen LogP contribution in [-0.4, -0.2) is 30.1 Å². The number of carbonyl (C=O) groups excluding carboxylic acids is 1. The summed E-state index contributed by atoms with van der Waals surface area (Å²) in [6.45, 7) is 2.85. The Bertz CT molecular complexity index is 1230. The monoisotopic (exact) mass is 456 g/mol. The molecule has 7 nitrogen and oxygen atoms in total. The van der Waals surface area contributed by atoms with Crippen LogP contribution in [0.2, 0.25) is 0 Å². The van der Waals surface area contributed by atoms with E-state index in [9.17, 15) is 20.0 Å². The summed E-state index contributed by atoms with van der Waals surface area (Å²) in [6.07, 6.45) is 0.348. The minimum Gasteiger partial charge on any atom is -0.493 e. The van der Waals surface area contributed by atoms with Gasteiger partial charge in [0.25, 0.3) is 5.91 Å². The molecule has 0 aliphatic carbocycles. The first-order valence-corrected chi connectivity index (χ1v) is 11.0. The van der Waals surface area contributed by atoms with Crippen molar-refractivity contribution in [1.29, 1.82) is 5.26 Å². The van der Waals surface area contributed by atoms with E-state index in [1.54, 1.807) is 30.3 Å². The molecule has 34 heavy (non-hydrogen) atoms. The van der Waals surface area contributed by atoms with Crippen LogP contribution in [0.25, 0.3) is 0 Å². The van der Waals surface area contributed by atoms with Crippen LogP contribution in [0.4, 0.5) is 0 Å². The van der Waals surface area contributed by atoms with Gasteiger partial charge in [-0.1, -0.05) is 37.3 Å². The molecule has 2 N–H and O–H groups in total. The van der Waals surface area contributed by atoms with Gasteiger partial charge in [0.1, 0.15) is 23.3 Å². The van der Waals surface area contributed by atoms with Crippen molar-refractivity contribution >= 4 is 11.9 Å². The van der Waals surface area contributed by atoms with Gasteiger partial charge in [0.15, 0.2) is 0 Å². The van der Waals surface area contributed by atoms with Gasteiger partial charge in [-0.15, -0.1) is 0 Å². The maximum atomic E-state index is 12.5. The zero-order valence-electron chi connectivity index (χ0n) is 18.7. The number of benzene rings is 3. The largest absolute Gasteiger partial charge is 0.493 e. The zero-order valence-corrected chi connectivity index (χ0v) is 18.7. The van der Waals surface area contributed by atoms with Gasteiger partial charge in [-0.3, -0.25) is 9.59 Å². The Morgan fingerprint density at radius 1 is 1.18 bits per heavy atom. The number of rotatable bonds is 7. The van der Waals surface area contributed by atoms with Crippen LogP contribution in [0.3, 0.4) is 0 Å². The number of hydrogen-bond acceptors (Lipinski definition) is 5. The van der Waals surface area contributed by atoms with E-state index in [0.717, 1.165) is 5.56 Å². The number of amides is 1. The van der Waals surface area contributed by atoms with E-state index in [0.29, 0.717) is 35.6 Å². The molecule has 1 aliphatic heterocycles. The molecule has 2 unspecified atom stereocenters. The number of carboxylic acid groups (broad SMARTS) is 1. The molecule has 0 fully saturated rings. The van der Waals surface area contributed by atoms with Gasteiger partial charge in [-0.05, 0) is 48.2 Å². The van der Waals surface area contributed by atoms with Crippen molar-refractivity contribution in [3.8, 4) is 23.3 Å². The van der Waals surface area contributed by atoms with Gasteiger partial charge in [0.05, 0.1) is 18.1 Å². The summed E-state index contributed by atoms with van der Waals surface area (Å²) in [5.41, 5.74) is 2.33. The van der Waals surface area contributed by atoms with Gasteiger partial charge in [0.2, 0.25) is 0 Å². The van der Waals surface area contributed by atoms with E-state index in [4.69, 9.17) is 9.47 Å². The summed E-state index contributed by atoms with van der Waals surface area (Å²) in [4.78, 5) is 24.1. The number of ether oxygens (including phenoxy) is 2. The van der Waals surface area contributed by atoms with E-state index in [1.165, 1.54) is 6.07 Å².